The Morgan fingerprint density at radius 2 is 2.07 bits per heavy atom. The highest BCUT2D eigenvalue weighted by molar-refractivity contribution is 5.80. The lowest BCUT2D eigenvalue weighted by Crippen LogP contribution is -2.49. The number of hydrogen-bond donors (Lipinski definition) is 3. The molecule has 0 spiro atoms. The maximum atomic E-state index is 11.9. The second-order valence-electron chi connectivity index (χ2n) is 4.98. The van der Waals surface area contributed by atoms with Crippen LogP contribution in [-0.4, -0.2) is 29.2 Å². The second-order valence-corrected chi connectivity index (χ2v) is 4.98. The number of rotatable bonds is 3. The Balaban J connectivity index is 1.89. The first-order valence-corrected chi connectivity index (χ1v) is 5.85. The van der Waals surface area contributed by atoms with Crippen molar-refractivity contribution in [1.82, 2.24) is 5.32 Å². The lowest BCUT2D eigenvalue weighted by atomic mass is 9.84. The van der Waals surface area contributed by atoms with Crippen LogP contribution in [0.5, 0.6) is 0 Å². The van der Waals surface area contributed by atoms with E-state index in [4.69, 9.17) is 10.8 Å². The third kappa shape index (κ3) is 2.32. The number of hydrogen-bond acceptors (Lipinski definition) is 3. The van der Waals surface area contributed by atoms with E-state index in [1.54, 1.807) is 0 Å². The van der Waals surface area contributed by atoms with Crippen LogP contribution in [0.2, 0.25) is 0 Å². The number of carbonyl (C=O) groups excluding carboxylic acids is 1. The minimum absolute atomic E-state index is 0.00763. The third-order valence-corrected chi connectivity index (χ3v) is 3.70. The average molecular weight is 212 g/mol. The zero-order valence-corrected chi connectivity index (χ0v) is 9.04. The van der Waals surface area contributed by atoms with Crippen molar-refractivity contribution in [2.24, 2.45) is 11.7 Å². The third-order valence-electron chi connectivity index (χ3n) is 3.70. The van der Waals surface area contributed by atoms with Crippen LogP contribution in [0.4, 0.5) is 0 Å². The molecule has 0 saturated heterocycles. The molecule has 0 aromatic carbocycles. The summed E-state index contributed by atoms with van der Waals surface area (Å²) >= 11 is 0. The van der Waals surface area contributed by atoms with E-state index in [9.17, 15) is 4.79 Å². The zero-order valence-electron chi connectivity index (χ0n) is 9.04. The predicted molar refractivity (Wildman–Crippen MR) is 57.1 cm³/mol. The largest absolute Gasteiger partial charge is 0.394 e. The summed E-state index contributed by atoms with van der Waals surface area (Å²) < 4.78 is 0. The number of carbonyl (C=O) groups is 1. The standard InChI is InChI=1S/C11H20N2O2/c12-9-4-2-1-3-8(9)10(15)13-11(7-14)5-6-11/h8-9,14H,1-7,12H2,(H,13,15). The van der Waals surface area contributed by atoms with Gasteiger partial charge in [-0.1, -0.05) is 12.8 Å². The fourth-order valence-corrected chi connectivity index (χ4v) is 2.31. The van der Waals surface area contributed by atoms with Gasteiger partial charge in [0.1, 0.15) is 0 Å². The summed E-state index contributed by atoms with van der Waals surface area (Å²) in [7, 11) is 0. The van der Waals surface area contributed by atoms with Crippen LogP contribution in [0, 0.1) is 5.92 Å². The number of nitrogens with one attached hydrogen (secondary N) is 1. The Bertz CT molecular complexity index is 251. The monoisotopic (exact) mass is 212 g/mol. The Morgan fingerprint density at radius 1 is 1.40 bits per heavy atom. The van der Waals surface area contributed by atoms with Crippen LogP contribution in [0.3, 0.4) is 0 Å². The summed E-state index contributed by atoms with van der Waals surface area (Å²) in [5.74, 6) is 0.0107. The van der Waals surface area contributed by atoms with E-state index in [2.05, 4.69) is 5.32 Å². The van der Waals surface area contributed by atoms with Gasteiger partial charge in [0.2, 0.25) is 5.91 Å². The summed E-state index contributed by atoms with van der Waals surface area (Å²) in [5.41, 5.74) is 5.64. The highest BCUT2D eigenvalue weighted by atomic mass is 16.3. The molecule has 0 heterocycles. The molecule has 0 bridgehead atoms. The molecule has 15 heavy (non-hydrogen) atoms. The first-order chi connectivity index (χ1) is 7.17. The molecule has 0 aliphatic heterocycles. The van der Waals surface area contributed by atoms with Crippen LogP contribution in [0.1, 0.15) is 38.5 Å². The van der Waals surface area contributed by atoms with Gasteiger partial charge in [0.25, 0.3) is 0 Å². The second kappa shape index (κ2) is 4.10. The van der Waals surface area contributed by atoms with Crippen molar-refractivity contribution >= 4 is 5.91 Å². The molecule has 86 valence electrons. The van der Waals surface area contributed by atoms with Crippen LogP contribution in [-0.2, 0) is 4.79 Å². The van der Waals surface area contributed by atoms with Crippen LogP contribution in [0.15, 0.2) is 0 Å². The zero-order chi connectivity index (χ0) is 10.9. The van der Waals surface area contributed by atoms with Gasteiger partial charge in [-0.15, -0.1) is 0 Å². The number of nitrogens with two attached hydrogens (primary N) is 1. The molecule has 2 saturated carbocycles. The van der Waals surface area contributed by atoms with Crippen LogP contribution in [0.25, 0.3) is 0 Å². The van der Waals surface area contributed by atoms with Crippen molar-refractivity contribution in [2.75, 3.05) is 6.61 Å². The Hall–Kier alpha value is -0.610. The minimum Gasteiger partial charge on any atom is -0.394 e. The molecule has 2 aliphatic rings. The fourth-order valence-electron chi connectivity index (χ4n) is 2.31. The molecule has 4 heteroatoms. The molecule has 0 radical (unpaired) electrons. The SMILES string of the molecule is NC1CCCCC1C(=O)NC1(CO)CC1. The molecule has 2 rings (SSSR count). The molecule has 4 N–H and O–H groups in total. The lowest BCUT2D eigenvalue weighted by Gasteiger charge is -2.29. The van der Waals surface area contributed by atoms with E-state index in [0.717, 1.165) is 38.5 Å². The molecule has 2 unspecified atom stereocenters. The van der Waals surface area contributed by atoms with E-state index in [-0.39, 0.29) is 30.0 Å². The van der Waals surface area contributed by atoms with Gasteiger partial charge in [0.05, 0.1) is 18.1 Å². The maximum Gasteiger partial charge on any atom is 0.225 e. The summed E-state index contributed by atoms with van der Waals surface area (Å²) in [6.07, 6.45) is 5.88. The van der Waals surface area contributed by atoms with Crippen molar-refractivity contribution in [2.45, 2.75) is 50.1 Å². The number of aliphatic hydroxyl groups excluding tert-OH is 1. The van der Waals surface area contributed by atoms with Gasteiger partial charge in [-0.2, -0.15) is 0 Å². The molecule has 2 atom stereocenters. The van der Waals surface area contributed by atoms with E-state index in [1.165, 1.54) is 0 Å². The molecular weight excluding hydrogens is 192 g/mol. The fraction of sp³-hybridized carbons (Fsp3) is 0.909. The molecular formula is C11H20N2O2. The van der Waals surface area contributed by atoms with Crippen LogP contribution < -0.4 is 11.1 Å². The molecule has 4 nitrogen and oxygen atoms in total. The van der Waals surface area contributed by atoms with Gasteiger partial charge in [0, 0.05) is 6.04 Å². The van der Waals surface area contributed by atoms with Gasteiger partial charge >= 0.3 is 0 Å². The molecule has 2 fully saturated rings. The molecule has 1 amide bonds. The van der Waals surface area contributed by atoms with Gasteiger partial charge < -0.3 is 16.2 Å². The van der Waals surface area contributed by atoms with E-state index >= 15 is 0 Å². The molecule has 0 aromatic heterocycles. The normalized spacial score (nSPS) is 33.5. The van der Waals surface area contributed by atoms with E-state index in [1.807, 2.05) is 0 Å². The van der Waals surface area contributed by atoms with Gasteiger partial charge in [0.15, 0.2) is 0 Å². The summed E-state index contributed by atoms with van der Waals surface area (Å²) in [4.78, 5) is 11.9. The van der Waals surface area contributed by atoms with Crippen molar-refractivity contribution in [1.29, 1.82) is 0 Å². The van der Waals surface area contributed by atoms with Crippen LogP contribution >= 0.6 is 0 Å². The van der Waals surface area contributed by atoms with Gasteiger partial charge in [-0.05, 0) is 25.7 Å². The smallest absolute Gasteiger partial charge is 0.225 e. The summed E-state index contributed by atoms with van der Waals surface area (Å²) in [6, 6.07) is 0.00763. The molecule has 2 aliphatic carbocycles. The topological polar surface area (TPSA) is 75.4 Å². The van der Waals surface area contributed by atoms with Crippen molar-refractivity contribution in [3.05, 3.63) is 0 Å². The first-order valence-electron chi connectivity index (χ1n) is 5.85. The van der Waals surface area contributed by atoms with E-state index < -0.39 is 0 Å². The quantitative estimate of drug-likeness (QED) is 0.623. The average Bonchev–Trinajstić information content (AvgIpc) is 2.99. The molecule has 0 aromatic rings. The van der Waals surface area contributed by atoms with Crippen molar-refractivity contribution in [3.8, 4) is 0 Å². The van der Waals surface area contributed by atoms with Crippen molar-refractivity contribution in [3.63, 3.8) is 0 Å². The van der Waals surface area contributed by atoms with Crippen molar-refractivity contribution < 1.29 is 9.90 Å². The highest BCUT2D eigenvalue weighted by Crippen LogP contribution is 2.35. The Morgan fingerprint density at radius 3 is 2.60 bits per heavy atom. The summed E-state index contributed by atoms with van der Waals surface area (Å²) in [6.45, 7) is 0.0562. The van der Waals surface area contributed by atoms with Gasteiger partial charge in [-0.25, -0.2) is 0 Å². The number of aliphatic hydroxyl groups is 1. The minimum atomic E-state index is -0.297. The Kier molecular flexibility index (Phi) is 2.98. The Labute approximate surface area is 90.2 Å². The lowest BCUT2D eigenvalue weighted by molar-refractivity contribution is -0.127. The highest BCUT2D eigenvalue weighted by Gasteiger charge is 2.45. The predicted octanol–water partition coefficient (Wildman–Crippen LogP) is 0.145. The van der Waals surface area contributed by atoms with E-state index in [0.29, 0.717) is 0 Å². The maximum absolute atomic E-state index is 11.9. The van der Waals surface area contributed by atoms with Gasteiger partial charge in [-0.3, -0.25) is 4.79 Å². The number of amides is 1. The summed E-state index contributed by atoms with van der Waals surface area (Å²) in [5, 5.41) is 12.1. The first kappa shape index (κ1) is 10.9.